The maximum Gasteiger partial charge on any atom is 0.264 e. The van der Waals surface area contributed by atoms with E-state index in [1.165, 1.54) is 16.7 Å². The first kappa shape index (κ1) is 22.9. The maximum absolute atomic E-state index is 14.1. The molecule has 0 bridgehead atoms. The minimum atomic E-state index is -0.591. The molecule has 7 nitrogen and oxygen atoms in total. The van der Waals surface area contributed by atoms with E-state index in [4.69, 9.17) is 16.1 Å². The van der Waals surface area contributed by atoms with Crippen molar-refractivity contribution in [1.29, 1.82) is 0 Å². The molecule has 0 aliphatic carbocycles. The molecule has 0 saturated heterocycles. The molecule has 33 heavy (non-hydrogen) atoms. The number of pyridine rings is 1. The summed E-state index contributed by atoms with van der Waals surface area (Å²) >= 11 is 9.09. The monoisotopic (exact) mass is 530 g/mol. The molecular weight excluding hydrogens is 515 g/mol. The molecule has 168 valence electrons. The second-order valence-electron chi connectivity index (χ2n) is 7.34. The van der Waals surface area contributed by atoms with Gasteiger partial charge in [0.25, 0.3) is 11.4 Å². The van der Waals surface area contributed by atoms with Crippen molar-refractivity contribution in [2.45, 2.75) is 20.4 Å². The number of hydrogen-bond donors (Lipinski definition) is 1. The Morgan fingerprint density at radius 2 is 1.91 bits per heavy atom. The predicted molar refractivity (Wildman–Crippen MR) is 127 cm³/mol. The van der Waals surface area contributed by atoms with Crippen molar-refractivity contribution in [3.05, 3.63) is 85.5 Å². The van der Waals surface area contributed by atoms with E-state index in [1.54, 1.807) is 50.2 Å². The number of amides is 1. The molecule has 1 amide bonds. The van der Waals surface area contributed by atoms with Gasteiger partial charge in [0.15, 0.2) is 0 Å². The topological polar surface area (TPSA) is 90.0 Å². The molecular formula is C23H17BrClFN4O3. The minimum Gasteiger partial charge on any atom is -0.333 e. The largest absolute Gasteiger partial charge is 0.333 e. The van der Waals surface area contributed by atoms with Gasteiger partial charge in [-0.2, -0.15) is 4.98 Å². The van der Waals surface area contributed by atoms with Gasteiger partial charge >= 0.3 is 0 Å². The summed E-state index contributed by atoms with van der Waals surface area (Å²) in [6.45, 7) is 3.14. The Kier molecular flexibility index (Phi) is 6.44. The highest BCUT2D eigenvalue weighted by atomic mass is 79.9. The van der Waals surface area contributed by atoms with Crippen molar-refractivity contribution >= 4 is 39.1 Å². The smallest absolute Gasteiger partial charge is 0.264 e. The lowest BCUT2D eigenvalue weighted by molar-refractivity contribution is -0.116. The summed E-state index contributed by atoms with van der Waals surface area (Å²) in [5, 5.41) is 7.02. The van der Waals surface area contributed by atoms with E-state index in [1.807, 2.05) is 0 Å². The van der Waals surface area contributed by atoms with Crippen molar-refractivity contribution < 1.29 is 13.7 Å². The lowest BCUT2D eigenvalue weighted by Crippen LogP contribution is -2.31. The molecule has 0 radical (unpaired) electrons. The number of nitrogens with zero attached hydrogens (tertiary/aromatic N) is 3. The number of carbonyl (C=O) groups excluding carboxylic acids is 1. The zero-order valence-corrected chi connectivity index (χ0v) is 19.9. The molecule has 0 fully saturated rings. The van der Waals surface area contributed by atoms with Crippen molar-refractivity contribution in [2.75, 3.05) is 5.32 Å². The fraction of sp³-hybridized carbons (Fsp3) is 0.130. The Labute approximate surface area is 201 Å². The molecule has 4 rings (SSSR count). The molecule has 0 atom stereocenters. The van der Waals surface area contributed by atoms with Gasteiger partial charge in [-0.25, -0.2) is 4.39 Å². The highest BCUT2D eigenvalue weighted by Crippen LogP contribution is 2.24. The Balaban J connectivity index is 1.64. The van der Waals surface area contributed by atoms with E-state index in [2.05, 4.69) is 31.4 Å². The summed E-state index contributed by atoms with van der Waals surface area (Å²) in [5.74, 6) is -0.804. The van der Waals surface area contributed by atoms with Crippen LogP contribution in [0.5, 0.6) is 0 Å². The van der Waals surface area contributed by atoms with Crippen LogP contribution < -0.4 is 10.9 Å². The summed E-state index contributed by atoms with van der Waals surface area (Å²) in [5.41, 5.74) is 1.60. The fourth-order valence-corrected chi connectivity index (χ4v) is 3.81. The molecule has 0 aliphatic rings. The van der Waals surface area contributed by atoms with Gasteiger partial charge in [-0.3, -0.25) is 9.59 Å². The summed E-state index contributed by atoms with van der Waals surface area (Å²) in [4.78, 5) is 30.2. The highest BCUT2D eigenvalue weighted by Gasteiger charge is 2.20. The van der Waals surface area contributed by atoms with E-state index in [0.717, 1.165) is 0 Å². The van der Waals surface area contributed by atoms with Gasteiger partial charge in [0, 0.05) is 20.8 Å². The molecule has 2 aromatic heterocycles. The van der Waals surface area contributed by atoms with Crippen LogP contribution in [0.25, 0.3) is 22.8 Å². The molecule has 0 unspecified atom stereocenters. The maximum atomic E-state index is 14.1. The number of aryl methyl sites for hydroxylation is 2. The average Bonchev–Trinajstić information content (AvgIpc) is 3.23. The van der Waals surface area contributed by atoms with Crippen LogP contribution >= 0.6 is 27.5 Å². The summed E-state index contributed by atoms with van der Waals surface area (Å²) < 4.78 is 21.2. The highest BCUT2D eigenvalue weighted by molar-refractivity contribution is 9.10. The van der Waals surface area contributed by atoms with Crippen molar-refractivity contribution in [2.24, 2.45) is 0 Å². The van der Waals surface area contributed by atoms with Crippen LogP contribution in [0.4, 0.5) is 10.1 Å². The number of nitrogens with one attached hydrogen (secondary N) is 1. The molecule has 10 heteroatoms. The Bertz CT molecular complexity index is 1420. The van der Waals surface area contributed by atoms with Crippen LogP contribution in [0, 0.1) is 19.7 Å². The molecule has 1 N–H and O–H groups in total. The van der Waals surface area contributed by atoms with Crippen LogP contribution in [0.1, 0.15) is 11.3 Å². The number of halogens is 3. The molecule has 0 spiro atoms. The van der Waals surface area contributed by atoms with Crippen LogP contribution in [0.15, 0.2) is 62.3 Å². The predicted octanol–water partition coefficient (Wildman–Crippen LogP) is 5.38. The van der Waals surface area contributed by atoms with Gasteiger partial charge in [-0.1, -0.05) is 32.7 Å². The Morgan fingerprint density at radius 3 is 2.61 bits per heavy atom. The second kappa shape index (κ2) is 9.29. The van der Waals surface area contributed by atoms with E-state index in [-0.39, 0.29) is 23.7 Å². The molecule has 0 aliphatic heterocycles. The van der Waals surface area contributed by atoms with Crippen molar-refractivity contribution in [1.82, 2.24) is 14.7 Å². The van der Waals surface area contributed by atoms with E-state index < -0.39 is 17.3 Å². The normalized spacial score (nSPS) is 10.9. The minimum absolute atomic E-state index is 0.0192. The van der Waals surface area contributed by atoms with Crippen LogP contribution in [-0.4, -0.2) is 20.6 Å². The summed E-state index contributed by atoms with van der Waals surface area (Å²) in [6.07, 6.45) is 0. The van der Waals surface area contributed by atoms with Gasteiger partial charge < -0.3 is 14.4 Å². The first-order valence-corrected chi connectivity index (χ1v) is 11.0. The van der Waals surface area contributed by atoms with E-state index in [0.29, 0.717) is 32.1 Å². The number of aromatic nitrogens is 3. The third-order valence-electron chi connectivity index (χ3n) is 4.95. The third kappa shape index (κ3) is 4.89. The van der Waals surface area contributed by atoms with Crippen LogP contribution in [-0.2, 0) is 11.3 Å². The Morgan fingerprint density at radius 1 is 1.18 bits per heavy atom. The van der Waals surface area contributed by atoms with Gasteiger partial charge in [0.1, 0.15) is 17.9 Å². The van der Waals surface area contributed by atoms with Gasteiger partial charge in [-0.15, -0.1) is 0 Å². The molecule has 0 saturated carbocycles. The number of anilines is 1. The van der Waals surface area contributed by atoms with Gasteiger partial charge in [-0.05, 0) is 67.9 Å². The van der Waals surface area contributed by atoms with Crippen LogP contribution in [0.3, 0.4) is 0 Å². The zero-order valence-electron chi connectivity index (χ0n) is 17.5. The standard InChI is InChI=1S/C23H17BrClFN4O3/c1-12-9-13(2)30(11-19(31)27-18-8-5-15(24)10-17(18)26)23(32)20(12)22-28-21(29-33-22)14-3-6-16(25)7-4-14/h3-10H,11H2,1-2H3,(H,27,31). The third-order valence-corrected chi connectivity index (χ3v) is 5.70. The van der Waals surface area contributed by atoms with E-state index in [9.17, 15) is 14.0 Å². The van der Waals surface area contributed by atoms with Gasteiger partial charge in [0.05, 0.1) is 5.69 Å². The first-order valence-electron chi connectivity index (χ1n) is 9.79. The average molecular weight is 532 g/mol. The molecule has 2 heterocycles. The first-order chi connectivity index (χ1) is 15.7. The number of carbonyl (C=O) groups is 1. The summed E-state index contributed by atoms with van der Waals surface area (Å²) in [7, 11) is 0. The molecule has 4 aromatic rings. The van der Waals surface area contributed by atoms with Crippen LogP contribution in [0.2, 0.25) is 5.02 Å². The lowest BCUT2D eigenvalue weighted by Gasteiger charge is -2.13. The number of hydrogen-bond acceptors (Lipinski definition) is 5. The SMILES string of the molecule is Cc1cc(C)n(CC(=O)Nc2ccc(Br)cc2F)c(=O)c1-c1nc(-c2ccc(Cl)cc2)no1. The van der Waals surface area contributed by atoms with Crippen molar-refractivity contribution in [3.63, 3.8) is 0 Å². The lowest BCUT2D eigenvalue weighted by atomic mass is 10.1. The number of rotatable bonds is 5. The van der Waals surface area contributed by atoms with E-state index >= 15 is 0 Å². The summed E-state index contributed by atoms with van der Waals surface area (Å²) in [6, 6.07) is 12.9. The molecule has 2 aromatic carbocycles. The number of benzene rings is 2. The van der Waals surface area contributed by atoms with Gasteiger partial charge in [0.2, 0.25) is 11.7 Å². The zero-order chi connectivity index (χ0) is 23.7. The second-order valence-corrected chi connectivity index (χ2v) is 8.69. The van der Waals surface area contributed by atoms with Crippen molar-refractivity contribution in [3.8, 4) is 22.8 Å². The quantitative estimate of drug-likeness (QED) is 0.374. The Hall–Kier alpha value is -3.30. The fourth-order valence-electron chi connectivity index (χ4n) is 3.35.